The molecule has 1 rings (SSSR count). The molecule has 0 atom stereocenters. The van der Waals surface area contributed by atoms with Gasteiger partial charge >= 0.3 is 12.1 Å². The summed E-state index contributed by atoms with van der Waals surface area (Å²) < 4.78 is 61.7. The van der Waals surface area contributed by atoms with Crippen molar-refractivity contribution in [1.82, 2.24) is 5.32 Å². The second-order valence-corrected chi connectivity index (χ2v) is 9.39. The molecule has 3 N–H and O–H groups in total. The van der Waals surface area contributed by atoms with Gasteiger partial charge in [-0.25, -0.2) is 13.4 Å². The van der Waals surface area contributed by atoms with Crippen molar-refractivity contribution in [3.05, 3.63) is 40.0 Å². The number of aliphatic carboxylic acids is 1. The highest BCUT2D eigenvalue weighted by Crippen LogP contribution is 2.27. The van der Waals surface area contributed by atoms with E-state index in [4.69, 9.17) is 10.5 Å². The van der Waals surface area contributed by atoms with Crippen LogP contribution in [0.3, 0.4) is 0 Å². The number of amidine groups is 1. The van der Waals surface area contributed by atoms with Crippen LogP contribution >= 0.6 is 38.5 Å². The first-order valence-electron chi connectivity index (χ1n) is 7.71. The average Bonchev–Trinajstić information content (AvgIpc) is 2.64. The smallest absolute Gasteiger partial charge is 0.433 e. The van der Waals surface area contributed by atoms with Crippen LogP contribution in [-0.2, 0) is 14.6 Å². The number of sulfone groups is 1. The third-order valence-corrected chi connectivity index (χ3v) is 6.05. The molecular weight excluding hydrogens is 608 g/mol. The van der Waals surface area contributed by atoms with E-state index in [1.54, 1.807) is 22.6 Å². The highest BCUT2D eigenvalue weighted by Gasteiger charge is 2.38. The second-order valence-electron chi connectivity index (χ2n) is 5.56. The van der Waals surface area contributed by atoms with Crippen LogP contribution in [0, 0.1) is 5.41 Å². The van der Waals surface area contributed by atoms with Gasteiger partial charge in [0.1, 0.15) is 10.3 Å². The number of carboxylic acid groups (broad SMARTS) is 1. The molecule has 0 aromatic heterocycles. The molecule has 0 heterocycles. The Morgan fingerprint density at radius 2 is 1.97 bits per heavy atom. The van der Waals surface area contributed by atoms with Gasteiger partial charge in [-0.2, -0.15) is 13.2 Å². The Morgan fingerprint density at radius 1 is 1.37 bits per heavy atom. The van der Waals surface area contributed by atoms with Gasteiger partial charge in [-0.3, -0.25) is 15.2 Å². The molecule has 0 fully saturated rings. The van der Waals surface area contributed by atoms with Gasteiger partial charge in [-0.15, -0.1) is 0 Å². The molecule has 30 heavy (non-hydrogen) atoms. The molecule has 0 amide bonds. The van der Waals surface area contributed by atoms with Crippen molar-refractivity contribution < 1.29 is 31.5 Å². The van der Waals surface area contributed by atoms with Crippen molar-refractivity contribution >= 4 is 69.6 Å². The van der Waals surface area contributed by atoms with E-state index in [1.807, 2.05) is 0 Å². The standard InChI is InChI=1S/C16H15BrF3IN4O4S/c1-23-15(12(24-7-10(26)27)11(17)13(22)16(18,19)20)25-14(21)8-4-3-5-9(6-8)30(2,28)29/h3-6,22,24H,7H2,1-2H3,(H,26,27)/b12-11+,22-13?,23-15-,25-14-. The van der Waals surface area contributed by atoms with Gasteiger partial charge in [0.2, 0.25) is 0 Å². The summed E-state index contributed by atoms with van der Waals surface area (Å²) in [5.41, 5.74) is -1.88. The molecule has 0 radical (unpaired) electrons. The van der Waals surface area contributed by atoms with E-state index in [0.29, 0.717) is 5.56 Å². The maximum atomic E-state index is 12.9. The number of alkyl halides is 3. The Morgan fingerprint density at radius 3 is 2.43 bits per heavy atom. The minimum Gasteiger partial charge on any atom is -0.480 e. The molecular formula is C16H15BrF3IN4O4S. The summed E-state index contributed by atoms with van der Waals surface area (Å²) in [6, 6.07) is 5.71. The number of hydrogen-bond donors (Lipinski definition) is 3. The molecule has 0 bridgehead atoms. The number of hydrogen-bond acceptors (Lipinski definition) is 6. The molecule has 0 saturated heterocycles. The van der Waals surface area contributed by atoms with Crippen LogP contribution in [0.15, 0.2) is 49.3 Å². The molecule has 14 heteroatoms. The highest BCUT2D eigenvalue weighted by molar-refractivity contribution is 14.1. The number of nitrogens with one attached hydrogen (secondary N) is 2. The van der Waals surface area contributed by atoms with Crippen molar-refractivity contribution in [2.45, 2.75) is 11.1 Å². The highest BCUT2D eigenvalue weighted by atomic mass is 127. The molecule has 1 aromatic carbocycles. The van der Waals surface area contributed by atoms with E-state index < -0.39 is 44.4 Å². The van der Waals surface area contributed by atoms with Crippen molar-refractivity contribution in [1.29, 1.82) is 5.41 Å². The van der Waals surface area contributed by atoms with Crippen molar-refractivity contribution in [3.8, 4) is 0 Å². The first kappa shape index (κ1) is 26.2. The first-order valence-corrected chi connectivity index (χ1v) is 11.5. The van der Waals surface area contributed by atoms with Gasteiger partial charge in [0.15, 0.2) is 21.4 Å². The molecule has 0 aliphatic rings. The van der Waals surface area contributed by atoms with Crippen LogP contribution in [0.5, 0.6) is 0 Å². The summed E-state index contributed by atoms with van der Waals surface area (Å²) in [5.74, 6) is -1.69. The van der Waals surface area contributed by atoms with Gasteiger partial charge in [-0.1, -0.05) is 12.1 Å². The monoisotopic (exact) mass is 622 g/mol. The van der Waals surface area contributed by atoms with E-state index in [-0.39, 0.29) is 14.4 Å². The molecule has 0 unspecified atom stereocenters. The SMILES string of the molecule is C/N=C(\N=C(/I)c1cccc(S(C)(=O)=O)c1)C(/NCC(=O)O)=C(\Br)C(=N)C(F)(F)F. The Balaban J connectivity index is 3.52. The van der Waals surface area contributed by atoms with Crippen molar-refractivity contribution in [2.75, 3.05) is 19.8 Å². The van der Waals surface area contributed by atoms with Crippen LogP contribution in [0.25, 0.3) is 0 Å². The fourth-order valence-corrected chi connectivity index (χ4v) is 3.67. The Labute approximate surface area is 192 Å². The van der Waals surface area contributed by atoms with Crippen LogP contribution in [0.2, 0.25) is 0 Å². The molecule has 164 valence electrons. The fraction of sp³-hybridized carbons (Fsp3) is 0.250. The number of nitrogens with zero attached hydrogens (tertiary/aromatic N) is 2. The number of halogens is 5. The fourth-order valence-electron chi connectivity index (χ4n) is 1.90. The van der Waals surface area contributed by atoms with E-state index in [1.165, 1.54) is 31.3 Å². The average molecular weight is 623 g/mol. The van der Waals surface area contributed by atoms with E-state index >= 15 is 0 Å². The number of carboxylic acids is 1. The molecule has 0 aliphatic carbocycles. The summed E-state index contributed by atoms with van der Waals surface area (Å²) >= 11 is 4.41. The Bertz CT molecular complexity index is 1050. The van der Waals surface area contributed by atoms with Crippen LogP contribution in [0.1, 0.15) is 5.56 Å². The number of aliphatic imine (C=N–C) groups is 2. The van der Waals surface area contributed by atoms with Crippen molar-refractivity contribution in [3.63, 3.8) is 0 Å². The second kappa shape index (κ2) is 10.5. The van der Waals surface area contributed by atoms with Crippen molar-refractivity contribution in [2.24, 2.45) is 9.98 Å². The van der Waals surface area contributed by atoms with Gasteiger partial charge < -0.3 is 10.4 Å². The first-order chi connectivity index (χ1) is 13.7. The lowest BCUT2D eigenvalue weighted by Crippen LogP contribution is -2.31. The zero-order valence-electron chi connectivity index (χ0n) is 15.4. The Kier molecular flexibility index (Phi) is 9.16. The van der Waals surface area contributed by atoms with Crippen LogP contribution in [-0.4, -0.2) is 60.8 Å². The summed E-state index contributed by atoms with van der Waals surface area (Å²) in [7, 11) is -2.29. The van der Waals surface area contributed by atoms with Gasteiger partial charge in [-0.05, 0) is 50.7 Å². The molecule has 0 aliphatic heterocycles. The lowest BCUT2D eigenvalue weighted by molar-refractivity contribution is -0.135. The zero-order valence-corrected chi connectivity index (χ0v) is 19.9. The molecule has 1 aromatic rings. The van der Waals surface area contributed by atoms with Gasteiger partial charge in [0.05, 0.1) is 15.1 Å². The minimum absolute atomic E-state index is 0.0131. The normalized spacial score (nSPS) is 14.2. The van der Waals surface area contributed by atoms with E-state index in [0.717, 1.165) is 6.26 Å². The maximum Gasteiger partial charge on any atom is 0.433 e. The predicted molar refractivity (Wildman–Crippen MR) is 119 cm³/mol. The third kappa shape index (κ3) is 7.46. The van der Waals surface area contributed by atoms with Crippen LogP contribution in [0.4, 0.5) is 13.2 Å². The van der Waals surface area contributed by atoms with E-state index in [2.05, 4.69) is 31.2 Å². The minimum atomic E-state index is -5.01. The third-order valence-electron chi connectivity index (χ3n) is 3.28. The number of rotatable bonds is 7. The molecule has 0 saturated carbocycles. The van der Waals surface area contributed by atoms with E-state index in [9.17, 15) is 26.4 Å². The van der Waals surface area contributed by atoms with Crippen LogP contribution < -0.4 is 5.32 Å². The zero-order chi connectivity index (χ0) is 23.3. The summed E-state index contributed by atoms with van der Waals surface area (Å²) in [5, 5.41) is 18.4. The number of carbonyl (C=O) groups is 1. The quantitative estimate of drug-likeness (QED) is 0.244. The molecule has 0 spiro atoms. The predicted octanol–water partition coefficient (Wildman–Crippen LogP) is 3.16. The molecule has 8 nitrogen and oxygen atoms in total. The summed E-state index contributed by atoms with van der Waals surface area (Å²) in [4.78, 5) is 18.8. The largest absolute Gasteiger partial charge is 0.480 e. The topological polar surface area (TPSA) is 132 Å². The van der Waals surface area contributed by atoms with Gasteiger partial charge in [0, 0.05) is 18.9 Å². The lowest BCUT2D eigenvalue weighted by Gasteiger charge is -2.15. The van der Waals surface area contributed by atoms with Gasteiger partial charge in [0.25, 0.3) is 0 Å². The maximum absolute atomic E-state index is 12.9. The summed E-state index contributed by atoms with van der Waals surface area (Å²) in [6.07, 6.45) is -3.99. The summed E-state index contributed by atoms with van der Waals surface area (Å²) in [6.45, 7) is -0.760. The number of allylic oxidation sites excluding steroid dienone is 1. The Hall–Kier alpha value is -1.81. The number of benzene rings is 1. The lowest BCUT2D eigenvalue weighted by atomic mass is 10.2.